The number of carbonyl (C=O) groups is 1. The molecule has 0 aliphatic heterocycles. The Morgan fingerprint density at radius 1 is 1.38 bits per heavy atom. The molecule has 0 N–H and O–H groups in total. The Morgan fingerprint density at radius 2 is 1.94 bits per heavy atom. The van der Waals surface area contributed by atoms with Crippen molar-refractivity contribution in [1.29, 1.82) is 5.26 Å². The number of nitriles is 1. The minimum absolute atomic E-state index is 0.413. The van der Waals surface area contributed by atoms with Gasteiger partial charge >= 0.3 is 6.18 Å². The van der Waals surface area contributed by atoms with Crippen LogP contribution in [-0.4, -0.2) is 5.78 Å². The van der Waals surface area contributed by atoms with Crippen LogP contribution in [-0.2, 0) is 6.18 Å². The average molecular weight is 231 g/mol. The quantitative estimate of drug-likeness (QED) is 0.550. The summed E-state index contributed by atoms with van der Waals surface area (Å²) in [6.45, 7) is 1.01. The largest absolute Gasteiger partial charge is 0.417 e. The molecule has 0 radical (unpaired) electrons. The van der Waals surface area contributed by atoms with Gasteiger partial charge in [0.2, 0.25) is 0 Å². The maximum atomic E-state index is 13.1. The minimum Gasteiger partial charge on any atom is -0.295 e. The molecule has 2 nitrogen and oxygen atoms in total. The third kappa shape index (κ3) is 2.19. The van der Waals surface area contributed by atoms with E-state index in [-0.39, 0.29) is 0 Å². The van der Waals surface area contributed by atoms with E-state index >= 15 is 0 Å². The van der Waals surface area contributed by atoms with Gasteiger partial charge in [-0.2, -0.15) is 18.4 Å². The van der Waals surface area contributed by atoms with Gasteiger partial charge in [0.1, 0.15) is 11.9 Å². The molecule has 0 bridgehead atoms. The lowest BCUT2D eigenvalue weighted by atomic mass is 10.0. The first-order chi connectivity index (χ1) is 7.27. The molecule has 0 aromatic heterocycles. The smallest absolute Gasteiger partial charge is 0.295 e. The van der Waals surface area contributed by atoms with E-state index in [0.29, 0.717) is 12.1 Å². The SMILES string of the molecule is CC(=O)c1cc(F)c(C#N)c(C(F)(F)F)c1. The van der Waals surface area contributed by atoms with Gasteiger partial charge in [0.25, 0.3) is 0 Å². The number of ketones is 1. The lowest BCUT2D eigenvalue weighted by Gasteiger charge is -2.10. The van der Waals surface area contributed by atoms with Crippen molar-refractivity contribution in [3.05, 3.63) is 34.6 Å². The number of rotatable bonds is 1. The maximum absolute atomic E-state index is 13.1. The molecule has 0 heterocycles. The summed E-state index contributed by atoms with van der Waals surface area (Å²) in [6, 6.07) is 2.23. The summed E-state index contributed by atoms with van der Waals surface area (Å²) in [6.07, 6.45) is -4.86. The fourth-order valence-electron chi connectivity index (χ4n) is 1.15. The molecular formula is C10H5F4NO. The van der Waals surface area contributed by atoms with Crippen LogP contribution < -0.4 is 0 Å². The Labute approximate surface area is 88.1 Å². The Balaban J connectivity index is 3.57. The van der Waals surface area contributed by atoms with E-state index in [4.69, 9.17) is 5.26 Å². The predicted octanol–water partition coefficient (Wildman–Crippen LogP) is 2.92. The molecule has 1 aromatic carbocycles. The Hall–Kier alpha value is -1.90. The van der Waals surface area contributed by atoms with Gasteiger partial charge in [-0.15, -0.1) is 0 Å². The van der Waals surface area contributed by atoms with Crippen molar-refractivity contribution < 1.29 is 22.4 Å². The van der Waals surface area contributed by atoms with Crippen molar-refractivity contribution in [3.63, 3.8) is 0 Å². The third-order valence-electron chi connectivity index (χ3n) is 1.91. The van der Waals surface area contributed by atoms with Gasteiger partial charge < -0.3 is 0 Å². The molecule has 0 spiro atoms. The normalized spacial score (nSPS) is 11.0. The summed E-state index contributed by atoms with van der Waals surface area (Å²) in [5, 5.41) is 8.42. The molecule has 6 heteroatoms. The fourth-order valence-corrected chi connectivity index (χ4v) is 1.15. The Kier molecular flexibility index (Phi) is 2.99. The van der Waals surface area contributed by atoms with Gasteiger partial charge in [0.05, 0.1) is 11.1 Å². The van der Waals surface area contributed by atoms with Crippen molar-refractivity contribution in [2.75, 3.05) is 0 Å². The zero-order chi connectivity index (χ0) is 12.5. The van der Waals surface area contributed by atoms with E-state index in [1.54, 1.807) is 0 Å². The monoisotopic (exact) mass is 231 g/mol. The summed E-state index contributed by atoms with van der Waals surface area (Å²) in [5.74, 6) is -2.04. The second-order valence-corrected chi connectivity index (χ2v) is 3.05. The van der Waals surface area contributed by atoms with Gasteiger partial charge in [0.15, 0.2) is 5.78 Å². The van der Waals surface area contributed by atoms with E-state index in [0.717, 1.165) is 13.0 Å². The first-order valence-corrected chi connectivity index (χ1v) is 4.09. The van der Waals surface area contributed by atoms with E-state index in [9.17, 15) is 22.4 Å². The summed E-state index contributed by atoms with van der Waals surface area (Å²) < 4.78 is 50.4. The number of Topliss-reactive ketones (excluding diaryl/α,β-unsaturated/α-hetero) is 1. The van der Waals surface area contributed by atoms with E-state index in [1.165, 1.54) is 0 Å². The summed E-state index contributed by atoms with van der Waals surface area (Å²) >= 11 is 0. The van der Waals surface area contributed by atoms with Crippen molar-refractivity contribution in [2.45, 2.75) is 13.1 Å². The van der Waals surface area contributed by atoms with Crippen LogP contribution in [0.3, 0.4) is 0 Å². The molecule has 0 aliphatic carbocycles. The number of nitrogens with zero attached hydrogens (tertiary/aromatic N) is 1. The lowest BCUT2D eigenvalue weighted by molar-refractivity contribution is -0.138. The lowest BCUT2D eigenvalue weighted by Crippen LogP contribution is -2.11. The topological polar surface area (TPSA) is 40.9 Å². The van der Waals surface area contributed by atoms with Gasteiger partial charge in [-0.05, 0) is 19.1 Å². The zero-order valence-electron chi connectivity index (χ0n) is 8.02. The molecular weight excluding hydrogens is 226 g/mol. The summed E-state index contributed by atoms with van der Waals surface area (Å²) in [4.78, 5) is 10.9. The van der Waals surface area contributed by atoms with Crippen LogP contribution >= 0.6 is 0 Å². The molecule has 0 aliphatic rings. The fraction of sp³-hybridized carbons (Fsp3) is 0.200. The number of hydrogen-bond donors (Lipinski definition) is 0. The van der Waals surface area contributed by atoms with Crippen LogP contribution in [0.5, 0.6) is 0 Å². The van der Waals surface area contributed by atoms with Gasteiger partial charge in [0, 0.05) is 5.56 Å². The highest BCUT2D eigenvalue weighted by molar-refractivity contribution is 5.94. The van der Waals surface area contributed by atoms with Crippen LogP contribution in [0, 0.1) is 17.1 Å². The predicted molar refractivity (Wildman–Crippen MR) is 46.1 cm³/mol. The molecule has 1 aromatic rings. The van der Waals surface area contributed by atoms with Crippen molar-refractivity contribution in [1.82, 2.24) is 0 Å². The van der Waals surface area contributed by atoms with E-state index in [2.05, 4.69) is 0 Å². The summed E-state index contributed by atoms with van der Waals surface area (Å²) in [7, 11) is 0. The van der Waals surface area contributed by atoms with Gasteiger partial charge in [-0.1, -0.05) is 0 Å². The van der Waals surface area contributed by atoms with Crippen LogP contribution in [0.25, 0.3) is 0 Å². The zero-order valence-corrected chi connectivity index (χ0v) is 8.02. The average Bonchev–Trinajstić information content (AvgIpc) is 2.14. The number of carbonyl (C=O) groups excluding carboxylic acids is 1. The number of hydrogen-bond acceptors (Lipinski definition) is 2. The molecule has 1 rings (SSSR count). The highest BCUT2D eigenvalue weighted by atomic mass is 19.4. The molecule has 16 heavy (non-hydrogen) atoms. The highest BCUT2D eigenvalue weighted by Gasteiger charge is 2.35. The molecule has 0 atom stereocenters. The molecule has 0 unspecified atom stereocenters. The van der Waals surface area contributed by atoms with Crippen molar-refractivity contribution >= 4 is 5.78 Å². The second kappa shape index (κ2) is 3.93. The Bertz CT molecular complexity index is 485. The number of benzene rings is 1. The third-order valence-corrected chi connectivity index (χ3v) is 1.91. The van der Waals surface area contributed by atoms with Gasteiger partial charge in [-0.3, -0.25) is 4.79 Å². The van der Waals surface area contributed by atoms with E-state index < -0.39 is 34.5 Å². The van der Waals surface area contributed by atoms with Crippen LogP contribution in [0.15, 0.2) is 12.1 Å². The first-order valence-electron chi connectivity index (χ1n) is 4.09. The standard InChI is InChI=1S/C10H5F4NO/c1-5(16)6-2-8(10(12,13)14)7(4-15)9(11)3-6/h2-3H,1H3. The van der Waals surface area contributed by atoms with Crippen LogP contribution in [0.1, 0.15) is 28.4 Å². The molecule has 0 saturated heterocycles. The molecule has 84 valence electrons. The molecule has 0 fully saturated rings. The van der Waals surface area contributed by atoms with Crippen LogP contribution in [0.4, 0.5) is 17.6 Å². The van der Waals surface area contributed by atoms with Crippen molar-refractivity contribution in [3.8, 4) is 6.07 Å². The maximum Gasteiger partial charge on any atom is 0.417 e. The first kappa shape index (κ1) is 12.2. The molecule has 0 amide bonds. The van der Waals surface area contributed by atoms with Gasteiger partial charge in [-0.25, -0.2) is 4.39 Å². The highest BCUT2D eigenvalue weighted by Crippen LogP contribution is 2.33. The Morgan fingerprint density at radius 3 is 2.31 bits per heavy atom. The number of alkyl halides is 3. The minimum atomic E-state index is -4.86. The molecule has 0 saturated carbocycles. The van der Waals surface area contributed by atoms with E-state index in [1.807, 2.05) is 0 Å². The number of halogens is 4. The van der Waals surface area contributed by atoms with Crippen LogP contribution in [0.2, 0.25) is 0 Å². The van der Waals surface area contributed by atoms with Crippen molar-refractivity contribution in [2.24, 2.45) is 0 Å². The summed E-state index contributed by atoms with van der Waals surface area (Å²) in [5.41, 5.74) is -2.94. The second-order valence-electron chi connectivity index (χ2n) is 3.05.